The third-order valence-electron chi connectivity index (χ3n) is 3.77. The highest BCUT2D eigenvalue weighted by molar-refractivity contribution is 6.83. The first kappa shape index (κ1) is 13.2. The van der Waals surface area contributed by atoms with Crippen molar-refractivity contribution in [3.8, 4) is 0 Å². The van der Waals surface area contributed by atoms with Crippen LogP contribution in [0.15, 0.2) is 0 Å². The molecule has 0 radical (unpaired) electrons. The maximum absolute atomic E-state index is 9.18. The molecule has 0 rings (SSSR count). The average Bonchev–Trinajstić information content (AvgIpc) is 1.97. The van der Waals surface area contributed by atoms with Crippen LogP contribution >= 0.6 is 0 Å². The van der Waals surface area contributed by atoms with Crippen molar-refractivity contribution in [3.05, 3.63) is 0 Å². The van der Waals surface area contributed by atoms with Crippen LogP contribution in [-0.4, -0.2) is 19.8 Å². The molecule has 0 aromatic heterocycles. The van der Waals surface area contributed by atoms with Crippen molar-refractivity contribution < 1.29 is 5.11 Å². The lowest BCUT2D eigenvalue weighted by Crippen LogP contribution is -2.44. The predicted octanol–water partition coefficient (Wildman–Crippen LogP) is 3.66. The fourth-order valence-corrected chi connectivity index (χ4v) is 9.18. The molecule has 0 atom stereocenters. The van der Waals surface area contributed by atoms with Crippen molar-refractivity contribution in [2.24, 2.45) is 0 Å². The van der Waals surface area contributed by atoms with Crippen LogP contribution in [0.4, 0.5) is 0 Å². The normalized spacial score (nSPS) is 13.4. The summed E-state index contributed by atoms with van der Waals surface area (Å²) in [6.07, 6.45) is 0. The molecule has 0 saturated heterocycles. The van der Waals surface area contributed by atoms with Crippen molar-refractivity contribution in [2.45, 2.75) is 64.2 Å². The Hall–Kier alpha value is 0.177. The van der Waals surface area contributed by atoms with Crippen molar-refractivity contribution in [3.63, 3.8) is 0 Å². The predicted molar refractivity (Wildman–Crippen MR) is 62.9 cm³/mol. The van der Waals surface area contributed by atoms with E-state index in [0.717, 1.165) is 22.7 Å². The molecule has 0 amide bonds. The zero-order valence-corrected chi connectivity index (χ0v) is 11.1. The molecular weight excluding hydrogens is 176 g/mol. The van der Waals surface area contributed by atoms with Gasteiger partial charge in [-0.1, -0.05) is 58.2 Å². The van der Waals surface area contributed by atoms with E-state index in [-0.39, 0.29) is 0 Å². The molecule has 0 spiro atoms. The molecule has 0 saturated carbocycles. The van der Waals surface area contributed by atoms with Crippen LogP contribution in [-0.2, 0) is 0 Å². The van der Waals surface area contributed by atoms with Gasteiger partial charge >= 0.3 is 0 Å². The topological polar surface area (TPSA) is 20.2 Å². The smallest absolute Gasteiger partial charge is 0.0635 e. The molecular formula is C11H26OSi. The third-order valence-corrected chi connectivity index (χ3v) is 11.3. The molecule has 0 unspecified atom stereocenters. The van der Waals surface area contributed by atoms with Crippen LogP contribution in [0.25, 0.3) is 0 Å². The quantitative estimate of drug-likeness (QED) is 0.675. The lowest BCUT2D eigenvalue weighted by atomic mass is 10.5. The van der Waals surface area contributed by atoms with E-state index in [1.807, 2.05) is 0 Å². The minimum atomic E-state index is -1.28. The van der Waals surface area contributed by atoms with Gasteiger partial charge in [0.05, 0.1) is 8.07 Å². The first-order valence-corrected chi connectivity index (χ1v) is 7.94. The standard InChI is InChI=1S/C11H26OSi/c1-9(2)13(8-7-12,10(3)4)11(5)6/h9-12H,7-8H2,1-6H3. The number of hydrogen-bond donors (Lipinski definition) is 1. The molecule has 0 bridgehead atoms. The molecule has 80 valence electrons. The second kappa shape index (κ2) is 5.16. The van der Waals surface area contributed by atoms with Gasteiger partial charge in [0.2, 0.25) is 0 Å². The van der Waals surface area contributed by atoms with Crippen LogP contribution < -0.4 is 0 Å². The maximum Gasteiger partial charge on any atom is 0.0635 e. The highest BCUT2D eigenvalue weighted by Gasteiger charge is 2.41. The Morgan fingerprint density at radius 2 is 1.15 bits per heavy atom. The summed E-state index contributed by atoms with van der Waals surface area (Å²) < 4.78 is 0. The molecule has 0 aliphatic rings. The van der Waals surface area contributed by atoms with E-state index in [1.165, 1.54) is 0 Å². The monoisotopic (exact) mass is 202 g/mol. The lowest BCUT2D eigenvalue weighted by molar-refractivity contribution is 0.314. The Kier molecular flexibility index (Phi) is 5.23. The maximum atomic E-state index is 9.18. The van der Waals surface area contributed by atoms with E-state index in [9.17, 15) is 5.11 Å². The zero-order valence-electron chi connectivity index (χ0n) is 10.1. The van der Waals surface area contributed by atoms with Crippen molar-refractivity contribution in [2.75, 3.05) is 6.61 Å². The molecule has 0 aromatic rings. The molecule has 1 N–H and O–H groups in total. The third kappa shape index (κ3) is 2.56. The van der Waals surface area contributed by atoms with Crippen molar-refractivity contribution in [1.82, 2.24) is 0 Å². The molecule has 0 fully saturated rings. The first-order valence-electron chi connectivity index (χ1n) is 5.50. The van der Waals surface area contributed by atoms with Crippen molar-refractivity contribution >= 4 is 8.07 Å². The lowest BCUT2D eigenvalue weighted by Gasteiger charge is -2.43. The number of hydrogen-bond acceptors (Lipinski definition) is 1. The summed E-state index contributed by atoms with van der Waals surface area (Å²) >= 11 is 0. The zero-order chi connectivity index (χ0) is 10.6. The largest absolute Gasteiger partial charge is 0.397 e. The minimum absolute atomic E-state index is 0.376. The summed E-state index contributed by atoms with van der Waals surface area (Å²) in [6.45, 7) is 14.4. The van der Waals surface area contributed by atoms with Gasteiger partial charge in [-0.15, -0.1) is 0 Å². The molecule has 0 aromatic carbocycles. The van der Waals surface area contributed by atoms with E-state index in [2.05, 4.69) is 41.5 Å². The van der Waals surface area contributed by atoms with Crippen LogP contribution in [0.5, 0.6) is 0 Å². The number of rotatable bonds is 5. The van der Waals surface area contributed by atoms with Gasteiger partial charge in [0, 0.05) is 6.61 Å². The summed E-state index contributed by atoms with van der Waals surface area (Å²) in [5.74, 6) is 0. The summed E-state index contributed by atoms with van der Waals surface area (Å²) in [6, 6.07) is 1.07. The summed E-state index contributed by atoms with van der Waals surface area (Å²) in [4.78, 5) is 0. The minimum Gasteiger partial charge on any atom is -0.397 e. The van der Waals surface area contributed by atoms with Gasteiger partial charge in [0.25, 0.3) is 0 Å². The Morgan fingerprint density at radius 3 is 1.23 bits per heavy atom. The molecule has 1 nitrogen and oxygen atoms in total. The summed E-state index contributed by atoms with van der Waals surface area (Å²) in [5.41, 5.74) is 2.33. The van der Waals surface area contributed by atoms with Gasteiger partial charge in [-0.25, -0.2) is 0 Å². The molecule has 0 aliphatic heterocycles. The van der Waals surface area contributed by atoms with Gasteiger partial charge in [0.15, 0.2) is 0 Å². The van der Waals surface area contributed by atoms with E-state index in [0.29, 0.717) is 6.61 Å². The van der Waals surface area contributed by atoms with Crippen molar-refractivity contribution in [1.29, 1.82) is 0 Å². The molecule has 0 aliphatic carbocycles. The van der Waals surface area contributed by atoms with Crippen LogP contribution in [0.3, 0.4) is 0 Å². The molecule has 13 heavy (non-hydrogen) atoms. The Labute approximate surface area is 84.6 Å². The molecule has 0 heterocycles. The highest BCUT2D eigenvalue weighted by atomic mass is 28.3. The van der Waals surface area contributed by atoms with E-state index in [1.54, 1.807) is 0 Å². The number of aliphatic hydroxyl groups is 1. The SMILES string of the molecule is CC(C)[Si](CCO)(C(C)C)C(C)C. The second-order valence-corrected chi connectivity index (χ2v) is 11.2. The van der Waals surface area contributed by atoms with E-state index < -0.39 is 8.07 Å². The van der Waals surface area contributed by atoms with Crippen LogP contribution in [0, 0.1) is 0 Å². The fraction of sp³-hybridized carbons (Fsp3) is 1.00. The van der Waals surface area contributed by atoms with E-state index >= 15 is 0 Å². The van der Waals surface area contributed by atoms with E-state index in [4.69, 9.17) is 0 Å². The van der Waals surface area contributed by atoms with Gasteiger partial charge in [0.1, 0.15) is 0 Å². The van der Waals surface area contributed by atoms with Crippen LogP contribution in [0.2, 0.25) is 22.7 Å². The molecule has 2 heteroatoms. The van der Waals surface area contributed by atoms with Crippen LogP contribution in [0.1, 0.15) is 41.5 Å². The second-order valence-electron chi connectivity index (χ2n) is 5.05. The first-order chi connectivity index (χ1) is 5.89. The van der Waals surface area contributed by atoms with Gasteiger partial charge in [-0.2, -0.15) is 0 Å². The van der Waals surface area contributed by atoms with Gasteiger partial charge in [-0.3, -0.25) is 0 Å². The summed E-state index contributed by atoms with van der Waals surface area (Å²) in [5, 5.41) is 9.18. The Bertz CT molecular complexity index is 119. The van der Waals surface area contributed by atoms with Gasteiger partial charge in [-0.05, 0) is 6.04 Å². The Morgan fingerprint density at radius 1 is 0.846 bits per heavy atom. The highest BCUT2D eigenvalue weighted by Crippen LogP contribution is 2.43. The Balaban J connectivity index is 4.82. The average molecular weight is 202 g/mol. The number of aliphatic hydroxyl groups excluding tert-OH is 1. The summed E-state index contributed by atoms with van der Waals surface area (Å²) in [7, 11) is -1.28. The van der Waals surface area contributed by atoms with Gasteiger partial charge < -0.3 is 5.11 Å². The fourth-order valence-electron chi connectivity index (χ4n) is 3.06.